The number of rotatable bonds is 7. The molecule has 10 heteroatoms. The minimum absolute atomic E-state index is 0.0333. The van der Waals surface area contributed by atoms with Gasteiger partial charge in [-0.05, 0) is 30.3 Å². The number of nitrogens with zero attached hydrogens (tertiary/aromatic N) is 3. The van der Waals surface area contributed by atoms with Gasteiger partial charge in [0.15, 0.2) is 11.5 Å². The lowest BCUT2D eigenvalue weighted by atomic mass is 10.2. The van der Waals surface area contributed by atoms with Gasteiger partial charge in [-0.2, -0.15) is 4.98 Å². The van der Waals surface area contributed by atoms with Crippen LogP contribution in [0.15, 0.2) is 47.0 Å². The molecule has 0 aliphatic carbocycles. The summed E-state index contributed by atoms with van der Waals surface area (Å²) in [6.45, 7) is 0. The van der Waals surface area contributed by atoms with Gasteiger partial charge < -0.3 is 14.0 Å². The summed E-state index contributed by atoms with van der Waals surface area (Å²) in [7, 11) is 1.37. The zero-order valence-electron chi connectivity index (χ0n) is 14.6. The Morgan fingerprint density at radius 1 is 1.21 bits per heavy atom. The maximum atomic E-state index is 12.1. The van der Waals surface area contributed by atoms with Crippen LogP contribution in [0, 0.1) is 10.1 Å². The Balaban J connectivity index is 1.63. The lowest BCUT2D eigenvalue weighted by Crippen LogP contribution is -2.10. The van der Waals surface area contributed by atoms with Crippen LogP contribution in [0.3, 0.4) is 0 Å². The van der Waals surface area contributed by atoms with E-state index in [-0.39, 0.29) is 35.9 Å². The molecule has 0 atom stereocenters. The quantitative estimate of drug-likeness (QED) is 0.252. The standard InChI is InChI=1S/C18H14ClN3O6/c1-26-14-7-6-13(22(24)25)10-15(14)27-17(23)9-8-16-20-18(21-28-16)11-2-4-12(19)5-3-11/h2-7,10H,8-9H2,1H3. The fraction of sp³-hybridized carbons (Fsp3) is 0.167. The first-order valence-corrected chi connectivity index (χ1v) is 8.45. The first-order valence-electron chi connectivity index (χ1n) is 8.08. The molecule has 28 heavy (non-hydrogen) atoms. The molecule has 9 nitrogen and oxygen atoms in total. The Morgan fingerprint density at radius 2 is 1.96 bits per heavy atom. The molecule has 0 saturated carbocycles. The van der Waals surface area contributed by atoms with Crippen molar-refractivity contribution >= 4 is 23.3 Å². The molecule has 0 aliphatic rings. The number of nitro benzene ring substituents is 1. The number of carbonyl (C=O) groups excluding carboxylic acids is 1. The van der Waals surface area contributed by atoms with E-state index in [1.54, 1.807) is 24.3 Å². The van der Waals surface area contributed by atoms with Gasteiger partial charge in [-0.25, -0.2) is 0 Å². The molecule has 0 bridgehead atoms. The summed E-state index contributed by atoms with van der Waals surface area (Å²) >= 11 is 5.84. The first-order chi connectivity index (χ1) is 13.5. The number of halogens is 1. The van der Waals surface area contributed by atoms with Crippen molar-refractivity contribution in [2.24, 2.45) is 0 Å². The molecule has 1 heterocycles. The Labute approximate surface area is 164 Å². The molecule has 0 unspecified atom stereocenters. The van der Waals surface area contributed by atoms with Gasteiger partial charge in [0.25, 0.3) is 5.69 Å². The van der Waals surface area contributed by atoms with Crippen molar-refractivity contribution in [3.8, 4) is 22.9 Å². The zero-order chi connectivity index (χ0) is 20.1. The highest BCUT2D eigenvalue weighted by atomic mass is 35.5. The van der Waals surface area contributed by atoms with E-state index in [9.17, 15) is 14.9 Å². The molecule has 0 N–H and O–H groups in total. The van der Waals surface area contributed by atoms with Crippen molar-refractivity contribution in [3.05, 3.63) is 63.5 Å². The van der Waals surface area contributed by atoms with E-state index in [0.717, 1.165) is 11.6 Å². The fourth-order valence-corrected chi connectivity index (χ4v) is 2.44. The number of nitro groups is 1. The van der Waals surface area contributed by atoms with Crippen LogP contribution >= 0.6 is 11.6 Å². The third-order valence-corrected chi connectivity index (χ3v) is 3.95. The number of hydrogen-bond acceptors (Lipinski definition) is 8. The normalized spacial score (nSPS) is 10.5. The van der Waals surface area contributed by atoms with E-state index < -0.39 is 10.9 Å². The lowest BCUT2D eigenvalue weighted by Gasteiger charge is -2.08. The van der Waals surface area contributed by atoms with Crippen molar-refractivity contribution in [2.45, 2.75) is 12.8 Å². The highest BCUT2D eigenvalue weighted by Crippen LogP contribution is 2.31. The highest BCUT2D eigenvalue weighted by Gasteiger charge is 2.17. The van der Waals surface area contributed by atoms with Gasteiger partial charge in [0.2, 0.25) is 11.7 Å². The predicted octanol–water partition coefficient (Wildman–Crippen LogP) is 3.85. The second kappa shape index (κ2) is 8.49. The monoisotopic (exact) mass is 403 g/mol. The summed E-state index contributed by atoms with van der Waals surface area (Å²) < 4.78 is 15.4. The molecule has 0 aliphatic heterocycles. The average Bonchev–Trinajstić information content (AvgIpc) is 3.16. The predicted molar refractivity (Wildman–Crippen MR) is 98.3 cm³/mol. The number of aryl methyl sites for hydroxylation is 1. The molecule has 144 valence electrons. The van der Waals surface area contributed by atoms with Crippen LogP contribution in [0.25, 0.3) is 11.4 Å². The number of aromatic nitrogens is 2. The molecule has 0 spiro atoms. The number of esters is 1. The summed E-state index contributed by atoms with van der Waals surface area (Å²) in [5, 5.41) is 15.3. The van der Waals surface area contributed by atoms with Gasteiger partial charge in [-0.1, -0.05) is 16.8 Å². The second-order valence-corrected chi connectivity index (χ2v) is 6.02. The van der Waals surface area contributed by atoms with Crippen molar-refractivity contribution in [3.63, 3.8) is 0 Å². The Hall–Kier alpha value is -3.46. The number of benzene rings is 2. The Kier molecular flexibility index (Phi) is 5.85. The largest absolute Gasteiger partial charge is 0.493 e. The second-order valence-electron chi connectivity index (χ2n) is 5.58. The minimum Gasteiger partial charge on any atom is -0.493 e. The van der Waals surface area contributed by atoms with E-state index in [4.69, 9.17) is 25.6 Å². The molecule has 0 radical (unpaired) electrons. The SMILES string of the molecule is COc1ccc([N+](=O)[O-])cc1OC(=O)CCc1nc(-c2ccc(Cl)cc2)no1. The highest BCUT2D eigenvalue weighted by molar-refractivity contribution is 6.30. The molecule has 3 aromatic rings. The molecule has 3 rings (SSSR count). The van der Waals surface area contributed by atoms with Gasteiger partial charge in [-0.3, -0.25) is 14.9 Å². The van der Waals surface area contributed by atoms with Crippen LogP contribution in [-0.2, 0) is 11.2 Å². The molecule has 0 amide bonds. The summed E-state index contributed by atoms with van der Waals surface area (Å²) in [6, 6.07) is 10.7. The van der Waals surface area contributed by atoms with Crippen molar-refractivity contribution in [1.82, 2.24) is 10.1 Å². The summed E-state index contributed by atoms with van der Waals surface area (Å²) in [5.41, 5.74) is 0.511. The number of carbonyl (C=O) groups is 1. The molecule has 2 aromatic carbocycles. The van der Waals surface area contributed by atoms with Crippen LogP contribution in [0.1, 0.15) is 12.3 Å². The van der Waals surface area contributed by atoms with Crippen molar-refractivity contribution < 1.29 is 23.7 Å². The van der Waals surface area contributed by atoms with Gasteiger partial charge in [-0.15, -0.1) is 0 Å². The van der Waals surface area contributed by atoms with Gasteiger partial charge in [0.1, 0.15) is 0 Å². The zero-order valence-corrected chi connectivity index (χ0v) is 15.4. The lowest BCUT2D eigenvalue weighted by molar-refractivity contribution is -0.384. The van der Waals surface area contributed by atoms with E-state index in [2.05, 4.69) is 10.1 Å². The van der Waals surface area contributed by atoms with Crippen molar-refractivity contribution in [1.29, 1.82) is 0 Å². The smallest absolute Gasteiger partial charge is 0.311 e. The summed E-state index contributed by atoms with van der Waals surface area (Å²) in [4.78, 5) is 26.6. The molecule has 0 saturated heterocycles. The van der Waals surface area contributed by atoms with Crippen LogP contribution in [0.2, 0.25) is 5.02 Å². The fourth-order valence-electron chi connectivity index (χ4n) is 2.31. The Bertz CT molecular complexity index is 1000. The third-order valence-electron chi connectivity index (χ3n) is 3.70. The number of non-ortho nitro benzene ring substituents is 1. The van der Waals surface area contributed by atoms with E-state index in [1.807, 2.05) is 0 Å². The molecule has 0 fully saturated rings. The van der Waals surface area contributed by atoms with Crippen LogP contribution in [0.5, 0.6) is 11.5 Å². The van der Waals surface area contributed by atoms with Gasteiger partial charge in [0.05, 0.1) is 24.5 Å². The third kappa shape index (κ3) is 4.63. The van der Waals surface area contributed by atoms with Crippen LogP contribution in [-0.4, -0.2) is 28.1 Å². The van der Waals surface area contributed by atoms with Crippen LogP contribution < -0.4 is 9.47 Å². The van der Waals surface area contributed by atoms with Gasteiger partial charge >= 0.3 is 5.97 Å². The number of methoxy groups -OCH3 is 1. The molecule has 1 aromatic heterocycles. The van der Waals surface area contributed by atoms with Crippen LogP contribution in [0.4, 0.5) is 5.69 Å². The average molecular weight is 404 g/mol. The topological polar surface area (TPSA) is 118 Å². The number of ether oxygens (including phenoxy) is 2. The van der Waals surface area contributed by atoms with E-state index >= 15 is 0 Å². The molecular formula is C18H14ClN3O6. The molecular weight excluding hydrogens is 390 g/mol. The van der Waals surface area contributed by atoms with E-state index in [0.29, 0.717) is 10.8 Å². The van der Waals surface area contributed by atoms with E-state index in [1.165, 1.54) is 19.2 Å². The minimum atomic E-state index is -0.620. The van der Waals surface area contributed by atoms with Crippen molar-refractivity contribution in [2.75, 3.05) is 7.11 Å². The number of hydrogen-bond donors (Lipinski definition) is 0. The summed E-state index contributed by atoms with van der Waals surface area (Å²) in [6.07, 6.45) is 0.0881. The Morgan fingerprint density at radius 3 is 2.64 bits per heavy atom. The maximum absolute atomic E-state index is 12.1. The van der Waals surface area contributed by atoms with Gasteiger partial charge in [0, 0.05) is 23.1 Å². The summed E-state index contributed by atoms with van der Waals surface area (Å²) in [5.74, 6) is 0.189. The maximum Gasteiger partial charge on any atom is 0.311 e. The first kappa shape index (κ1) is 19.3.